The summed E-state index contributed by atoms with van der Waals surface area (Å²) in [6.07, 6.45) is -6.12. The van der Waals surface area contributed by atoms with Crippen LogP contribution in [0.5, 0.6) is 0 Å². The van der Waals surface area contributed by atoms with Gasteiger partial charge in [0.2, 0.25) is 0 Å². The van der Waals surface area contributed by atoms with Gasteiger partial charge in [-0.2, -0.15) is 13.2 Å². The van der Waals surface area contributed by atoms with Gasteiger partial charge in [0.05, 0.1) is 5.56 Å². The number of benzene rings is 1. The average molecular weight is 290 g/mol. The van der Waals surface area contributed by atoms with Crippen molar-refractivity contribution in [1.82, 2.24) is 0 Å². The molecule has 0 aliphatic heterocycles. The summed E-state index contributed by atoms with van der Waals surface area (Å²) in [6, 6.07) is 3.89. The lowest BCUT2D eigenvalue weighted by Crippen LogP contribution is -2.13. The molecule has 1 aromatic carbocycles. The van der Waals surface area contributed by atoms with E-state index in [9.17, 15) is 22.7 Å². The second-order valence-electron chi connectivity index (χ2n) is 4.12. The Balaban J connectivity index is 2.50. The molecular formula is C13H10F4OS. The van der Waals surface area contributed by atoms with Gasteiger partial charge in [-0.25, -0.2) is 4.39 Å². The summed E-state index contributed by atoms with van der Waals surface area (Å²) in [7, 11) is 0. The molecule has 1 unspecified atom stereocenters. The summed E-state index contributed by atoms with van der Waals surface area (Å²) >= 11 is 1.33. The van der Waals surface area contributed by atoms with E-state index >= 15 is 0 Å². The van der Waals surface area contributed by atoms with Crippen LogP contribution in [0.2, 0.25) is 0 Å². The van der Waals surface area contributed by atoms with Crippen LogP contribution < -0.4 is 0 Å². The predicted octanol–water partition coefficient (Wildman–Crippen LogP) is 4.30. The zero-order chi connectivity index (χ0) is 14.2. The molecule has 0 amide bonds. The van der Waals surface area contributed by atoms with Crippen molar-refractivity contribution in [3.8, 4) is 0 Å². The summed E-state index contributed by atoms with van der Waals surface area (Å²) in [4.78, 5) is 0.879. The zero-order valence-corrected chi connectivity index (χ0v) is 10.6. The van der Waals surface area contributed by atoms with Gasteiger partial charge in [0.15, 0.2) is 0 Å². The molecule has 0 bridgehead atoms. The monoisotopic (exact) mass is 290 g/mol. The first-order valence-corrected chi connectivity index (χ1v) is 6.27. The third-order valence-electron chi connectivity index (χ3n) is 2.68. The van der Waals surface area contributed by atoms with Crippen LogP contribution in [0.15, 0.2) is 29.6 Å². The van der Waals surface area contributed by atoms with Crippen LogP contribution in [-0.4, -0.2) is 5.11 Å². The third-order valence-corrected chi connectivity index (χ3v) is 3.56. The molecule has 102 valence electrons. The van der Waals surface area contributed by atoms with Crippen molar-refractivity contribution >= 4 is 11.3 Å². The molecule has 6 heteroatoms. The van der Waals surface area contributed by atoms with Crippen molar-refractivity contribution in [3.63, 3.8) is 0 Å². The Bertz CT molecular complexity index is 589. The maximum absolute atomic E-state index is 13.0. The molecule has 0 fully saturated rings. The van der Waals surface area contributed by atoms with Crippen LogP contribution in [0.1, 0.15) is 27.7 Å². The molecule has 1 aromatic heterocycles. The summed E-state index contributed by atoms with van der Waals surface area (Å²) in [5.74, 6) is -0.982. The topological polar surface area (TPSA) is 20.2 Å². The molecule has 1 N–H and O–H groups in total. The first-order chi connectivity index (χ1) is 8.79. The quantitative estimate of drug-likeness (QED) is 0.818. The highest BCUT2D eigenvalue weighted by Crippen LogP contribution is 2.37. The molecule has 0 radical (unpaired) electrons. The summed E-state index contributed by atoms with van der Waals surface area (Å²) in [5, 5.41) is 11.6. The summed E-state index contributed by atoms with van der Waals surface area (Å²) < 4.78 is 51.5. The van der Waals surface area contributed by atoms with Gasteiger partial charge in [-0.3, -0.25) is 0 Å². The number of alkyl halides is 3. The Morgan fingerprint density at radius 2 is 1.89 bits per heavy atom. The summed E-state index contributed by atoms with van der Waals surface area (Å²) in [6.45, 7) is 1.79. The number of rotatable bonds is 2. The van der Waals surface area contributed by atoms with Crippen molar-refractivity contribution in [2.75, 3.05) is 0 Å². The van der Waals surface area contributed by atoms with E-state index in [4.69, 9.17) is 0 Å². The van der Waals surface area contributed by atoms with E-state index in [2.05, 4.69) is 0 Å². The number of aliphatic hydroxyl groups excluding tert-OH is 1. The number of aliphatic hydroxyl groups is 1. The minimum Gasteiger partial charge on any atom is -0.384 e. The molecule has 0 aliphatic carbocycles. The van der Waals surface area contributed by atoms with Gasteiger partial charge in [-0.1, -0.05) is 6.07 Å². The van der Waals surface area contributed by atoms with E-state index in [1.807, 2.05) is 0 Å². The fourth-order valence-electron chi connectivity index (χ4n) is 1.80. The molecule has 0 spiro atoms. The molecule has 0 saturated carbocycles. The fourth-order valence-corrected chi connectivity index (χ4v) is 2.52. The predicted molar refractivity (Wildman–Crippen MR) is 64.5 cm³/mol. The normalized spacial score (nSPS) is 13.6. The minimum absolute atomic E-state index is 0.341. The highest BCUT2D eigenvalue weighted by Gasteiger charge is 2.35. The van der Waals surface area contributed by atoms with Crippen molar-refractivity contribution in [2.24, 2.45) is 0 Å². The van der Waals surface area contributed by atoms with Crippen molar-refractivity contribution in [1.29, 1.82) is 0 Å². The first kappa shape index (κ1) is 14.0. The van der Waals surface area contributed by atoms with Crippen molar-refractivity contribution in [3.05, 3.63) is 57.0 Å². The van der Waals surface area contributed by atoms with Gasteiger partial charge in [0, 0.05) is 4.88 Å². The molecule has 1 heterocycles. The zero-order valence-electron chi connectivity index (χ0n) is 9.83. The van der Waals surface area contributed by atoms with Crippen LogP contribution in [0, 0.1) is 12.7 Å². The van der Waals surface area contributed by atoms with Crippen molar-refractivity contribution in [2.45, 2.75) is 19.2 Å². The van der Waals surface area contributed by atoms with Gasteiger partial charge in [0.25, 0.3) is 0 Å². The molecule has 0 aliphatic rings. The van der Waals surface area contributed by atoms with Crippen LogP contribution in [0.4, 0.5) is 17.6 Å². The van der Waals surface area contributed by atoms with Gasteiger partial charge < -0.3 is 5.11 Å². The largest absolute Gasteiger partial charge is 0.416 e. The SMILES string of the molecule is Cc1cc(C(O)c2ccc(F)cc2C(F)(F)F)cs1. The van der Waals surface area contributed by atoms with Crippen LogP contribution in [0.3, 0.4) is 0 Å². The van der Waals surface area contributed by atoms with Crippen LogP contribution >= 0.6 is 11.3 Å². The Morgan fingerprint density at radius 1 is 1.21 bits per heavy atom. The van der Waals surface area contributed by atoms with Crippen molar-refractivity contribution < 1.29 is 22.7 Å². The second kappa shape index (κ2) is 4.94. The fraction of sp³-hybridized carbons (Fsp3) is 0.231. The molecular weight excluding hydrogens is 280 g/mol. The number of thiophene rings is 1. The maximum Gasteiger partial charge on any atom is 0.416 e. The van der Waals surface area contributed by atoms with Gasteiger partial charge in [0.1, 0.15) is 11.9 Å². The number of halogens is 4. The van der Waals surface area contributed by atoms with E-state index in [0.29, 0.717) is 11.6 Å². The molecule has 1 atom stereocenters. The van der Waals surface area contributed by atoms with E-state index in [-0.39, 0.29) is 5.56 Å². The Hall–Kier alpha value is -1.40. The van der Waals surface area contributed by atoms with Crippen LogP contribution in [-0.2, 0) is 6.18 Å². The second-order valence-corrected chi connectivity index (χ2v) is 5.24. The third kappa shape index (κ3) is 2.96. The van der Waals surface area contributed by atoms with E-state index in [1.165, 1.54) is 11.3 Å². The molecule has 1 nitrogen and oxygen atoms in total. The van der Waals surface area contributed by atoms with E-state index in [0.717, 1.165) is 17.0 Å². The number of aryl methyl sites for hydroxylation is 1. The Kier molecular flexibility index (Phi) is 3.64. The van der Waals surface area contributed by atoms with Gasteiger partial charge in [-0.05, 0) is 41.6 Å². The number of hydrogen-bond acceptors (Lipinski definition) is 2. The summed E-state index contributed by atoms with van der Waals surface area (Å²) in [5.41, 5.74) is -1.12. The number of hydrogen-bond donors (Lipinski definition) is 1. The van der Waals surface area contributed by atoms with Gasteiger partial charge >= 0.3 is 6.18 Å². The average Bonchev–Trinajstić information content (AvgIpc) is 2.74. The lowest BCUT2D eigenvalue weighted by molar-refractivity contribution is -0.139. The van der Waals surface area contributed by atoms with E-state index < -0.39 is 23.7 Å². The lowest BCUT2D eigenvalue weighted by atomic mass is 9.98. The van der Waals surface area contributed by atoms with Gasteiger partial charge in [-0.15, -0.1) is 11.3 Å². The highest BCUT2D eigenvalue weighted by atomic mass is 32.1. The Labute approximate surface area is 111 Å². The standard InChI is InChI=1S/C13H10F4OS/c1-7-4-8(6-19-7)12(18)10-3-2-9(14)5-11(10)13(15,16)17/h2-6,12,18H,1H3. The minimum atomic E-state index is -4.70. The molecule has 19 heavy (non-hydrogen) atoms. The molecule has 0 saturated heterocycles. The smallest absolute Gasteiger partial charge is 0.384 e. The van der Waals surface area contributed by atoms with E-state index in [1.54, 1.807) is 18.4 Å². The molecule has 2 aromatic rings. The maximum atomic E-state index is 13.0. The first-order valence-electron chi connectivity index (χ1n) is 5.39. The Morgan fingerprint density at radius 3 is 2.42 bits per heavy atom. The highest BCUT2D eigenvalue weighted by molar-refractivity contribution is 7.10. The van der Waals surface area contributed by atoms with Crippen LogP contribution in [0.25, 0.3) is 0 Å². The lowest BCUT2D eigenvalue weighted by Gasteiger charge is -2.17. The molecule has 2 rings (SSSR count).